The standard InChI is InChI=1S/C9H19F3N2O/c1-14(7-9(10,11)12)8(6-15-2)4-3-5-13/h8H,3-7,13H2,1-2H3. The Balaban J connectivity index is 4.09. The van der Waals surface area contributed by atoms with Crippen molar-refractivity contribution in [3.63, 3.8) is 0 Å². The maximum Gasteiger partial charge on any atom is 0.401 e. The highest BCUT2D eigenvalue weighted by molar-refractivity contribution is 4.71. The Bertz CT molecular complexity index is 164. The fourth-order valence-electron chi connectivity index (χ4n) is 1.39. The summed E-state index contributed by atoms with van der Waals surface area (Å²) in [4.78, 5) is 1.26. The molecule has 0 aromatic heterocycles. The maximum absolute atomic E-state index is 12.1. The molecule has 2 N–H and O–H groups in total. The summed E-state index contributed by atoms with van der Waals surface area (Å²) in [6.07, 6.45) is -2.84. The van der Waals surface area contributed by atoms with E-state index in [0.29, 0.717) is 26.0 Å². The molecule has 0 aliphatic heterocycles. The van der Waals surface area contributed by atoms with E-state index in [4.69, 9.17) is 10.5 Å². The Labute approximate surface area is 88.4 Å². The van der Waals surface area contributed by atoms with Gasteiger partial charge in [-0.1, -0.05) is 0 Å². The fourth-order valence-corrected chi connectivity index (χ4v) is 1.39. The van der Waals surface area contributed by atoms with Crippen molar-refractivity contribution in [2.45, 2.75) is 25.1 Å². The third-order valence-electron chi connectivity index (χ3n) is 2.15. The van der Waals surface area contributed by atoms with Crippen molar-refractivity contribution >= 4 is 0 Å². The largest absolute Gasteiger partial charge is 0.401 e. The van der Waals surface area contributed by atoms with Crippen LogP contribution in [-0.2, 0) is 4.74 Å². The van der Waals surface area contributed by atoms with Crippen molar-refractivity contribution in [2.75, 3.05) is 33.9 Å². The molecule has 1 atom stereocenters. The summed E-state index contributed by atoms with van der Waals surface area (Å²) in [5, 5.41) is 0. The van der Waals surface area contributed by atoms with E-state index in [1.165, 1.54) is 19.1 Å². The smallest absolute Gasteiger partial charge is 0.383 e. The molecule has 0 aliphatic rings. The molecule has 6 heteroatoms. The van der Waals surface area contributed by atoms with Gasteiger partial charge in [0.05, 0.1) is 13.2 Å². The summed E-state index contributed by atoms with van der Waals surface area (Å²) in [5.41, 5.74) is 5.32. The van der Waals surface area contributed by atoms with Crippen molar-refractivity contribution in [1.29, 1.82) is 0 Å². The number of hydrogen-bond acceptors (Lipinski definition) is 3. The lowest BCUT2D eigenvalue weighted by atomic mass is 10.1. The van der Waals surface area contributed by atoms with Gasteiger partial charge in [-0.05, 0) is 26.4 Å². The summed E-state index contributed by atoms with van der Waals surface area (Å²) >= 11 is 0. The first kappa shape index (κ1) is 14.7. The van der Waals surface area contributed by atoms with Crippen molar-refractivity contribution in [3.05, 3.63) is 0 Å². The maximum atomic E-state index is 12.1. The second kappa shape index (κ2) is 7.03. The summed E-state index contributed by atoms with van der Waals surface area (Å²) < 4.78 is 41.3. The fraction of sp³-hybridized carbons (Fsp3) is 1.00. The zero-order valence-corrected chi connectivity index (χ0v) is 9.18. The molecule has 92 valence electrons. The first-order valence-electron chi connectivity index (χ1n) is 4.86. The van der Waals surface area contributed by atoms with Crippen LogP contribution in [0.2, 0.25) is 0 Å². The number of likely N-dealkylation sites (N-methyl/N-ethyl adjacent to an activating group) is 1. The molecular weight excluding hydrogens is 209 g/mol. The van der Waals surface area contributed by atoms with Gasteiger partial charge >= 0.3 is 6.18 Å². The predicted octanol–water partition coefficient (Wildman–Crippen LogP) is 1.23. The molecule has 0 aliphatic carbocycles. The Hall–Kier alpha value is -0.330. The van der Waals surface area contributed by atoms with Gasteiger partial charge in [-0.3, -0.25) is 4.90 Å². The van der Waals surface area contributed by atoms with E-state index in [2.05, 4.69) is 0 Å². The topological polar surface area (TPSA) is 38.5 Å². The monoisotopic (exact) mass is 228 g/mol. The molecule has 0 spiro atoms. The molecule has 0 radical (unpaired) electrons. The quantitative estimate of drug-likeness (QED) is 0.712. The van der Waals surface area contributed by atoms with Gasteiger partial charge in [0, 0.05) is 13.2 Å². The molecule has 0 bridgehead atoms. The number of methoxy groups -OCH3 is 1. The number of nitrogens with zero attached hydrogens (tertiary/aromatic N) is 1. The Morgan fingerprint density at radius 2 is 2.00 bits per heavy atom. The van der Waals surface area contributed by atoms with E-state index in [9.17, 15) is 13.2 Å². The zero-order chi connectivity index (χ0) is 11.9. The summed E-state index contributed by atoms with van der Waals surface area (Å²) in [6, 6.07) is -0.222. The third-order valence-corrected chi connectivity index (χ3v) is 2.15. The van der Waals surface area contributed by atoms with Crippen LogP contribution in [0.4, 0.5) is 13.2 Å². The number of alkyl halides is 3. The van der Waals surface area contributed by atoms with Crippen LogP contribution >= 0.6 is 0 Å². The summed E-state index contributed by atoms with van der Waals surface area (Å²) in [7, 11) is 2.94. The van der Waals surface area contributed by atoms with Crippen LogP contribution in [0.15, 0.2) is 0 Å². The summed E-state index contributed by atoms with van der Waals surface area (Å²) in [5.74, 6) is 0. The normalized spacial score (nSPS) is 14.6. The molecule has 0 rings (SSSR count). The number of rotatable bonds is 7. The Morgan fingerprint density at radius 1 is 1.40 bits per heavy atom. The van der Waals surface area contributed by atoms with Crippen molar-refractivity contribution < 1.29 is 17.9 Å². The second-order valence-corrected chi connectivity index (χ2v) is 3.57. The van der Waals surface area contributed by atoms with E-state index >= 15 is 0 Å². The molecule has 1 unspecified atom stereocenters. The van der Waals surface area contributed by atoms with E-state index in [1.54, 1.807) is 0 Å². The van der Waals surface area contributed by atoms with Gasteiger partial charge in [0.15, 0.2) is 0 Å². The first-order valence-corrected chi connectivity index (χ1v) is 4.86. The molecule has 0 fully saturated rings. The lowest BCUT2D eigenvalue weighted by molar-refractivity contribution is -0.149. The minimum atomic E-state index is -4.16. The van der Waals surface area contributed by atoms with Gasteiger partial charge in [-0.15, -0.1) is 0 Å². The molecule has 0 aromatic rings. The van der Waals surface area contributed by atoms with Crippen LogP contribution in [0, 0.1) is 0 Å². The van der Waals surface area contributed by atoms with Crippen LogP contribution in [0.1, 0.15) is 12.8 Å². The molecule has 3 nitrogen and oxygen atoms in total. The molecule has 0 aromatic carbocycles. The van der Waals surface area contributed by atoms with E-state index in [-0.39, 0.29) is 6.04 Å². The highest BCUT2D eigenvalue weighted by Gasteiger charge is 2.31. The summed E-state index contributed by atoms with van der Waals surface area (Å²) in [6.45, 7) is -0.127. The van der Waals surface area contributed by atoms with Gasteiger partial charge in [-0.2, -0.15) is 13.2 Å². The van der Waals surface area contributed by atoms with Crippen LogP contribution in [-0.4, -0.2) is 51.0 Å². The highest BCUT2D eigenvalue weighted by atomic mass is 19.4. The number of hydrogen-bond donors (Lipinski definition) is 1. The van der Waals surface area contributed by atoms with Crippen LogP contribution in [0.3, 0.4) is 0 Å². The van der Waals surface area contributed by atoms with Gasteiger partial charge in [0.2, 0.25) is 0 Å². The van der Waals surface area contributed by atoms with Crippen molar-refractivity contribution in [2.24, 2.45) is 5.73 Å². The molecule has 0 amide bonds. The van der Waals surface area contributed by atoms with Gasteiger partial charge in [0.25, 0.3) is 0 Å². The molecule has 15 heavy (non-hydrogen) atoms. The number of nitrogens with two attached hydrogens (primary N) is 1. The van der Waals surface area contributed by atoms with Gasteiger partial charge < -0.3 is 10.5 Å². The van der Waals surface area contributed by atoms with Crippen LogP contribution in [0.5, 0.6) is 0 Å². The molecule has 0 heterocycles. The van der Waals surface area contributed by atoms with E-state index in [0.717, 1.165) is 0 Å². The van der Waals surface area contributed by atoms with Crippen LogP contribution < -0.4 is 5.73 Å². The number of halogens is 3. The average molecular weight is 228 g/mol. The molecule has 0 saturated heterocycles. The second-order valence-electron chi connectivity index (χ2n) is 3.57. The third kappa shape index (κ3) is 7.58. The molecule has 0 saturated carbocycles. The SMILES string of the molecule is COCC(CCCN)N(C)CC(F)(F)F. The lowest BCUT2D eigenvalue weighted by Gasteiger charge is -2.28. The minimum absolute atomic E-state index is 0.222. The average Bonchev–Trinajstić information content (AvgIpc) is 2.09. The first-order chi connectivity index (χ1) is 6.90. The van der Waals surface area contributed by atoms with Gasteiger partial charge in [0.1, 0.15) is 0 Å². The Kier molecular flexibility index (Phi) is 6.87. The number of ether oxygens (including phenoxy) is 1. The lowest BCUT2D eigenvalue weighted by Crippen LogP contribution is -2.41. The van der Waals surface area contributed by atoms with Crippen LogP contribution in [0.25, 0.3) is 0 Å². The zero-order valence-electron chi connectivity index (χ0n) is 9.18. The van der Waals surface area contributed by atoms with Crippen molar-refractivity contribution in [3.8, 4) is 0 Å². The van der Waals surface area contributed by atoms with Crippen molar-refractivity contribution in [1.82, 2.24) is 4.90 Å². The van der Waals surface area contributed by atoms with E-state index in [1.807, 2.05) is 0 Å². The van der Waals surface area contributed by atoms with Gasteiger partial charge in [-0.25, -0.2) is 0 Å². The Morgan fingerprint density at radius 3 is 2.40 bits per heavy atom. The van der Waals surface area contributed by atoms with E-state index < -0.39 is 12.7 Å². The predicted molar refractivity (Wildman–Crippen MR) is 52.6 cm³/mol. The highest BCUT2D eigenvalue weighted by Crippen LogP contribution is 2.18. The minimum Gasteiger partial charge on any atom is -0.383 e. The molecular formula is C9H19F3N2O.